The molecule has 1 saturated carbocycles. The zero-order valence-corrected chi connectivity index (χ0v) is 17.1. The Bertz CT molecular complexity index is 925. The van der Waals surface area contributed by atoms with Crippen molar-refractivity contribution in [1.82, 2.24) is 20.0 Å². The number of carbonyl (C=O) groups is 1. The van der Waals surface area contributed by atoms with Crippen LogP contribution in [0, 0.1) is 18.7 Å². The Morgan fingerprint density at radius 3 is 2.72 bits per heavy atom. The Morgan fingerprint density at radius 2 is 2.00 bits per heavy atom. The summed E-state index contributed by atoms with van der Waals surface area (Å²) in [4.78, 5) is 15.2. The summed E-state index contributed by atoms with van der Waals surface area (Å²) >= 11 is 0. The maximum Gasteiger partial charge on any atom is 0.274 e. The maximum absolute atomic E-state index is 14.6. The highest BCUT2D eigenvalue weighted by Crippen LogP contribution is 2.31. The molecule has 1 aliphatic heterocycles. The van der Waals surface area contributed by atoms with Gasteiger partial charge in [0.05, 0.1) is 0 Å². The van der Waals surface area contributed by atoms with E-state index in [4.69, 9.17) is 0 Å². The van der Waals surface area contributed by atoms with Crippen molar-refractivity contribution in [3.63, 3.8) is 0 Å². The molecule has 2 fully saturated rings. The number of carbonyl (C=O) groups excluding carboxylic acids is 1. The second kappa shape index (κ2) is 7.56. The van der Waals surface area contributed by atoms with E-state index in [9.17, 15) is 9.18 Å². The molecule has 1 saturated heterocycles. The van der Waals surface area contributed by atoms with E-state index in [1.165, 1.54) is 18.9 Å². The molecule has 5 rings (SSSR count). The fraction of sp³-hybridized carbons (Fsp3) is 0.565. The van der Waals surface area contributed by atoms with E-state index in [-0.39, 0.29) is 11.7 Å². The lowest BCUT2D eigenvalue weighted by Crippen LogP contribution is -2.45. The van der Waals surface area contributed by atoms with Crippen LogP contribution in [0.25, 0.3) is 5.69 Å². The van der Waals surface area contributed by atoms with Crippen LogP contribution in [0.3, 0.4) is 0 Å². The summed E-state index contributed by atoms with van der Waals surface area (Å²) < 4.78 is 16.3. The average Bonchev–Trinajstić information content (AvgIpc) is 3.30. The Balaban J connectivity index is 1.34. The van der Waals surface area contributed by atoms with Crippen molar-refractivity contribution in [3.8, 4) is 5.69 Å². The molecule has 1 N–H and O–H groups in total. The molecular formula is C23H29FN4O. The zero-order valence-electron chi connectivity index (χ0n) is 17.1. The molecule has 0 spiro atoms. The molecule has 29 heavy (non-hydrogen) atoms. The molecule has 2 heterocycles. The summed E-state index contributed by atoms with van der Waals surface area (Å²) in [6.45, 7) is 4.53. The first-order valence-corrected chi connectivity index (χ1v) is 11.0. The first-order valence-electron chi connectivity index (χ1n) is 11.0. The van der Waals surface area contributed by atoms with E-state index < -0.39 is 0 Å². The molecule has 5 nitrogen and oxygen atoms in total. The summed E-state index contributed by atoms with van der Waals surface area (Å²) in [5.41, 5.74) is 3.86. The quantitative estimate of drug-likeness (QED) is 0.843. The smallest absolute Gasteiger partial charge is 0.274 e. The van der Waals surface area contributed by atoms with Crippen molar-refractivity contribution in [2.45, 2.75) is 57.9 Å². The molecule has 0 radical (unpaired) electrons. The number of nitrogens with zero attached hydrogens (tertiary/aromatic N) is 3. The number of aromatic nitrogens is 2. The lowest BCUT2D eigenvalue weighted by molar-refractivity contribution is 0.0697. The van der Waals surface area contributed by atoms with Gasteiger partial charge in [-0.2, -0.15) is 5.10 Å². The normalized spacial score (nSPS) is 19.6. The van der Waals surface area contributed by atoms with Gasteiger partial charge in [-0.25, -0.2) is 9.07 Å². The number of hydrogen-bond acceptors (Lipinski definition) is 3. The SMILES string of the molecule is Cc1ccc(-n2nc(C(=O)N3CCC(NCC4CC4)CC3)c3c2CCC3)c(F)c1. The standard InChI is InChI=1S/C23H29FN4O/c1-15-5-8-21(19(24)13-15)28-20-4-2-3-18(20)22(26-28)23(29)27-11-9-17(10-12-27)25-14-16-6-7-16/h5,8,13,16-17,25H,2-4,6-7,9-12,14H2,1H3. The monoisotopic (exact) mass is 396 g/mol. The number of aryl methyl sites for hydroxylation is 1. The van der Waals surface area contributed by atoms with Crippen LogP contribution in [-0.2, 0) is 12.8 Å². The summed E-state index contributed by atoms with van der Waals surface area (Å²) in [5, 5.41) is 8.29. The Morgan fingerprint density at radius 1 is 1.21 bits per heavy atom. The molecule has 1 aromatic heterocycles. The van der Waals surface area contributed by atoms with Crippen LogP contribution >= 0.6 is 0 Å². The molecule has 2 aliphatic carbocycles. The van der Waals surface area contributed by atoms with Crippen molar-refractivity contribution in [1.29, 1.82) is 0 Å². The van der Waals surface area contributed by atoms with Crippen molar-refractivity contribution >= 4 is 5.91 Å². The summed E-state index contributed by atoms with van der Waals surface area (Å²) in [6.07, 6.45) is 7.40. The van der Waals surface area contributed by atoms with Crippen LogP contribution < -0.4 is 5.32 Å². The summed E-state index contributed by atoms with van der Waals surface area (Å²) in [7, 11) is 0. The van der Waals surface area contributed by atoms with Gasteiger partial charge in [0, 0.05) is 30.4 Å². The average molecular weight is 397 g/mol. The number of nitrogens with one attached hydrogen (secondary N) is 1. The van der Waals surface area contributed by atoms with Gasteiger partial charge < -0.3 is 10.2 Å². The lowest BCUT2D eigenvalue weighted by Gasteiger charge is -2.32. The van der Waals surface area contributed by atoms with Gasteiger partial charge in [-0.15, -0.1) is 0 Å². The lowest BCUT2D eigenvalue weighted by atomic mass is 10.0. The molecule has 2 aromatic rings. The number of amides is 1. The number of fused-ring (bicyclic) bond motifs is 1. The third-order valence-corrected chi connectivity index (χ3v) is 6.64. The Hall–Kier alpha value is -2.21. The summed E-state index contributed by atoms with van der Waals surface area (Å²) in [5.74, 6) is 0.599. The number of likely N-dealkylation sites (tertiary alicyclic amines) is 1. The second-order valence-corrected chi connectivity index (χ2v) is 8.91. The Labute approximate surface area is 171 Å². The predicted octanol–water partition coefficient (Wildman–Crippen LogP) is 3.41. The molecular weight excluding hydrogens is 367 g/mol. The molecule has 3 aliphatic rings. The topological polar surface area (TPSA) is 50.2 Å². The van der Waals surface area contributed by atoms with E-state index in [2.05, 4.69) is 10.4 Å². The zero-order chi connectivity index (χ0) is 20.0. The molecule has 0 bridgehead atoms. The van der Waals surface area contributed by atoms with Gasteiger partial charge >= 0.3 is 0 Å². The molecule has 0 atom stereocenters. The summed E-state index contributed by atoms with van der Waals surface area (Å²) in [6, 6.07) is 5.70. The first-order chi connectivity index (χ1) is 14.1. The van der Waals surface area contributed by atoms with Gasteiger partial charge in [-0.1, -0.05) is 6.07 Å². The van der Waals surface area contributed by atoms with E-state index in [0.29, 0.717) is 17.4 Å². The van der Waals surface area contributed by atoms with Crippen LogP contribution in [0.15, 0.2) is 18.2 Å². The fourth-order valence-electron chi connectivity index (χ4n) is 4.68. The maximum atomic E-state index is 14.6. The van der Waals surface area contributed by atoms with Gasteiger partial charge in [0.15, 0.2) is 5.69 Å². The van der Waals surface area contributed by atoms with Crippen LogP contribution in [0.1, 0.15) is 59.4 Å². The third kappa shape index (κ3) is 3.70. The highest BCUT2D eigenvalue weighted by atomic mass is 19.1. The van der Waals surface area contributed by atoms with Gasteiger partial charge in [0.25, 0.3) is 5.91 Å². The largest absolute Gasteiger partial charge is 0.337 e. The van der Waals surface area contributed by atoms with Crippen molar-refractivity contribution in [2.24, 2.45) is 5.92 Å². The minimum absolute atomic E-state index is 0.00932. The van der Waals surface area contributed by atoms with E-state index >= 15 is 0 Å². The van der Waals surface area contributed by atoms with Gasteiger partial charge in [0.1, 0.15) is 11.5 Å². The number of halogens is 1. The predicted molar refractivity (Wildman–Crippen MR) is 110 cm³/mol. The van der Waals surface area contributed by atoms with Crippen LogP contribution in [-0.4, -0.2) is 46.3 Å². The molecule has 0 unspecified atom stereocenters. The molecule has 1 amide bonds. The highest BCUT2D eigenvalue weighted by Gasteiger charge is 2.32. The number of hydrogen-bond donors (Lipinski definition) is 1. The highest BCUT2D eigenvalue weighted by molar-refractivity contribution is 5.94. The Kier molecular flexibility index (Phi) is 4.90. The van der Waals surface area contributed by atoms with Crippen molar-refractivity contribution in [2.75, 3.05) is 19.6 Å². The van der Waals surface area contributed by atoms with Crippen LogP contribution in [0.5, 0.6) is 0 Å². The van der Waals surface area contributed by atoms with Crippen molar-refractivity contribution in [3.05, 3.63) is 46.5 Å². The first kappa shape index (κ1) is 18.8. The van der Waals surface area contributed by atoms with Gasteiger partial charge in [-0.3, -0.25) is 4.79 Å². The van der Waals surface area contributed by atoms with E-state index in [1.807, 2.05) is 17.9 Å². The minimum Gasteiger partial charge on any atom is -0.337 e. The molecule has 1 aromatic carbocycles. The van der Waals surface area contributed by atoms with E-state index in [1.54, 1.807) is 10.7 Å². The molecule has 6 heteroatoms. The van der Waals surface area contributed by atoms with Crippen molar-refractivity contribution < 1.29 is 9.18 Å². The van der Waals surface area contributed by atoms with Crippen LogP contribution in [0.4, 0.5) is 4.39 Å². The van der Waals surface area contributed by atoms with Gasteiger partial charge in [-0.05, 0) is 82.0 Å². The van der Waals surface area contributed by atoms with Crippen LogP contribution in [0.2, 0.25) is 0 Å². The fourth-order valence-corrected chi connectivity index (χ4v) is 4.68. The third-order valence-electron chi connectivity index (χ3n) is 6.64. The number of rotatable bonds is 5. The van der Waals surface area contributed by atoms with E-state index in [0.717, 1.165) is 74.5 Å². The second-order valence-electron chi connectivity index (χ2n) is 8.91. The minimum atomic E-state index is -0.288. The molecule has 154 valence electrons. The van der Waals surface area contributed by atoms with Gasteiger partial charge in [0.2, 0.25) is 0 Å². The number of piperidine rings is 1. The number of benzene rings is 1.